The Kier molecular flexibility index (Phi) is 6.98. The van der Waals surface area contributed by atoms with Gasteiger partial charge in [0.25, 0.3) is 5.91 Å². The van der Waals surface area contributed by atoms with Crippen molar-refractivity contribution in [3.8, 4) is 0 Å². The van der Waals surface area contributed by atoms with Gasteiger partial charge >= 0.3 is 0 Å². The van der Waals surface area contributed by atoms with Crippen LogP contribution in [0.25, 0.3) is 0 Å². The molecule has 1 unspecified atom stereocenters. The second-order valence-electron chi connectivity index (χ2n) is 7.57. The number of nitrogens with one attached hydrogen (secondary N) is 1. The number of hydrogen-bond donors (Lipinski definition) is 1. The number of nitrogens with zero attached hydrogens (tertiary/aromatic N) is 1. The van der Waals surface area contributed by atoms with Crippen LogP contribution in [0.3, 0.4) is 0 Å². The van der Waals surface area contributed by atoms with Crippen LogP contribution >= 0.6 is 11.6 Å². The van der Waals surface area contributed by atoms with Crippen LogP contribution in [-0.2, 0) is 10.0 Å². The summed E-state index contributed by atoms with van der Waals surface area (Å²) in [5.41, 5.74) is 2.41. The van der Waals surface area contributed by atoms with Crippen molar-refractivity contribution in [2.75, 3.05) is 13.1 Å². The quantitative estimate of drug-likeness (QED) is 0.741. The smallest absolute Gasteiger partial charge is 0.251 e. The molecule has 1 N–H and O–H groups in total. The Labute approximate surface area is 178 Å². The molecule has 1 saturated heterocycles. The Morgan fingerprint density at radius 3 is 2.28 bits per heavy atom. The second-order valence-corrected chi connectivity index (χ2v) is 9.88. The normalized spacial score (nSPS) is 16.8. The van der Waals surface area contributed by atoms with E-state index in [2.05, 4.69) is 5.32 Å². The predicted octanol–water partition coefficient (Wildman–Crippen LogP) is 4.70. The molecule has 29 heavy (non-hydrogen) atoms. The first-order valence-corrected chi connectivity index (χ1v) is 11.8. The Hall–Kier alpha value is -1.89. The molecule has 0 saturated carbocycles. The van der Waals surface area contributed by atoms with E-state index in [-0.39, 0.29) is 27.4 Å². The molecule has 0 bridgehead atoms. The van der Waals surface area contributed by atoms with Crippen molar-refractivity contribution in [3.05, 3.63) is 64.2 Å². The monoisotopic (exact) mass is 434 g/mol. The van der Waals surface area contributed by atoms with Gasteiger partial charge in [-0.1, -0.05) is 54.3 Å². The van der Waals surface area contributed by atoms with Crippen molar-refractivity contribution in [2.45, 2.75) is 50.5 Å². The Balaban J connectivity index is 1.82. The summed E-state index contributed by atoms with van der Waals surface area (Å²) >= 11 is 6.22. The third-order valence-electron chi connectivity index (χ3n) is 5.30. The van der Waals surface area contributed by atoms with Crippen LogP contribution in [0.15, 0.2) is 47.4 Å². The number of halogens is 1. The van der Waals surface area contributed by atoms with Crippen LogP contribution in [0.4, 0.5) is 0 Å². The summed E-state index contributed by atoms with van der Waals surface area (Å²) in [5.74, 6) is -0.331. The highest BCUT2D eigenvalue weighted by atomic mass is 35.5. The number of rotatable bonds is 5. The van der Waals surface area contributed by atoms with E-state index in [0.29, 0.717) is 13.1 Å². The number of hydrogen-bond acceptors (Lipinski definition) is 3. The average molecular weight is 435 g/mol. The molecule has 1 aliphatic rings. The van der Waals surface area contributed by atoms with Crippen LogP contribution in [0.5, 0.6) is 0 Å². The summed E-state index contributed by atoms with van der Waals surface area (Å²) < 4.78 is 27.7. The van der Waals surface area contributed by atoms with Crippen LogP contribution in [0.1, 0.15) is 60.1 Å². The summed E-state index contributed by atoms with van der Waals surface area (Å²) in [6, 6.07) is 12.1. The highest BCUT2D eigenvalue weighted by Gasteiger charge is 2.28. The Morgan fingerprint density at radius 1 is 1.03 bits per heavy atom. The van der Waals surface area contributed by atoms with Gasteiger partial charge in [0.2, 0.25) is 10.0 Å². The molecule has 7 heteroatoms. The van der Waals surface area contributed by atoms with Crippen molar-refractivity contribution in [3.63, 3.8) is 0 Å². The summed E-state index contributed by atoms with van der Waals surface area (Å²) in [7, 11) is -3.74. The van der Waals surface area contributed by atoms with Crippen LogP contribution in [-0.4, -0.2) is 31.7 Å². The third-order valence-corrected chi connectivity index (χ3v) is 7.68. The highest BCUT2D eigenvalue weighted by Crippen LogP contribution is 2.28. The van der Waals surface area contributed by atoms with E-state index >= 15 is 0 Å². The molecular formula is C22H27ClN2O3S. The van der Waals surface area contributed by atoms with Gasteiger partial charge in [-0.05, 0) is 50.5 Å². The van der Waals surface area contributed by atoms with Gasteiger partial charge < -0.3 is 5.32 Å². The number of benzene rings is 2. The summed E-state index contributed by atoms with van der Waals surface area (Å²) in [6.45, 7) is 4.87. The molecule has 156 valence electrons. The van der Waals surface area contributed by atoms with E-state index < -0.39 is 10.0 Å². The first kappa shape index (κ1) is 21.8. The zero-order valence-corrected chi connectivity index (χ0v) is 18.4. The lowest BCUT2D eigenvalue weighted by molar-refractivity contribution is 0.0939. The average Bonchev–Trinajstić information content (AvgIpc) is 2.98. The molecule has 1 fully saturated rings. The Morgan fingerprint density at radius 2 is 1.66 bits per heavy atom. The van der Waals surface area contributed by atoms with Crippen molar-refractivity contribution in [2.24, 2.45) is 0 Å². The van der Waals surface area contributed by atoms with Crippen molar-refractivity contribution >= 4 is 27.5 Å². The van der Waals surface area contributed by atoms with Gasteiger partial charge in [0, 0.05) is 18.7 Å². The molecule has 1 atom stereocenters. The van der Waals surface area contributed by atoms with Gasteiger partial charge in [-0.3, -0.25) is 4.79 Å². The van der Waals surface area contributed by atoms with E-state index in [1.54, 1.807) is 6.07 Å². The summed E-state index contributed by atoms with van der Waals surface area (Å²) in [4.78, 5) is 12.8. The molecule has 5 nitrogen and oxygen atoms in total. The topological polar surface area (TPSA) is 66.5 Å². The molecule has 2 aromatic carbocycles. The van der Waals surface area contributed by atoms with Gasteiger partial charge in [0.15, 0.2) is 0 Å². The minimum atomic E-state index is -3.74. The fourth-order valence-electron chi connectivity index (χ4n) is 3.48. The maximum absolute atomic E-state index is 13.1. The van der Waals surface area contributed by atoms with E-state index in [4.69, 9.17) is 11.6 Å². The van der Waals surface area contributed by atoms with Gasteiger partial charge in [-0.15, -0.1) is 0 Å². The van der Waals surface area contributed by atoms with Crippen LogP contribution < -0.4 is 5.32 Å². The molecule has 1 aliphatic heterocycles. The van der Waals surface area contributed by atoms with Crippen molar-refractivity contribution < 1.29 is 13.2 Å². The standard InChI is InChI=1S/C22H27ClN2O3S/c1-16-7-9-18(10-8-16)17(2)24-22(26)19-11-12-20(23)21(15-19)29(27,28)25-13-5-3-4-6-14-25/h7-12,15,17H,3-6,13-14H2,1-2H3,(H,24,26). The molecule has 1 amide bonds. The van der Waals surface area contributed by atoms with Crippen molar-refractivity contribution in [1.29, 1.82) is 0 Å². The van der Waals surface area contributed by atoms with Gasteiger partial charge in [-0.2, -0.15) is 4.31 Å². The van der Waals surface area contributed by atoms with E-state index in [9.17, 15) is 13.2 Å². The molecule has 0 spiro atoms. The number of amides is 1. The van der Waals surface area contributed by atoms with Gasteiger partial charge in [0.1, 0.15) is 4.90 Å². The highest BCUT2D eigenvalue weighted by molar-refractivity contribution is 7.89. The summed E-state index contributed by atoms with van der Waals surface area (Å²) in [6.07, 6.45) is 3.73. The molecule has 0 aromatic heterocycles. The fourth-order valence-corrected chi connectivity index (χ4v) is 5.50. The van der Waals surface area contributed by atoms with Gasteiger partial charge in [-0.25, -0.2) is 8.42 Å². The number of sulfonamides is 1. The first-order valence-electron chi connectivity index (χ1n) is 9.96. The lowest BCUT2D eigenvalue weighted by Gasteiger charge is -2.21. The molecule has 0 aliphatic carbocycles. The van der Waals surface area contributed by atoms with Crippen LogP contribution in [0, 0.1) is 6.92 Å². The van der Waals surface area contributed by atoms with E-state index in [1.165, 1.54) is 16.4 Å². The minimum Gasteiger partial charge on any atom is -0.346 e. The third kappa shape index (κ3) is 5.18. The molecule has 1 heterocycles. The second kappa shape index (κ2) is 9.28. The predicted molar refractivity (Wildman–Crippen MR) is 116 cm³/mol. The lowest BCUT2D eigenvalue weighted by atomic mass is 10.1. The number of aryl methyl sites for hydroxylation is 1. The molecule has 0 radical (unpaired) electrons. The SMILES string of the molecule is Cc1ccc(C(C)NC(=O)c2ccc(Cl)c(S(=O)(=O)N3CCCCCC3)c2)cc1. The largest absolute Gasteiger partial charge is 0.346 e. The fraction of sp³-hybridized carbons (Fsp3) is 0.409. The van der Waals surface area contributed by atoms with Crippen molar-refractivity contribution in [1.82, 2.24) is 9.62 Å². The lowest BCUT2D eigenvalue weighted by Crippen LogP contribution is -2.32. The summed E-state index contributed by atoms with van der Waals surface area (Å²) in [5, 5.41) is 3.07. The number of carbonyl (C=O) groups is 1. The maximum Gasteiger partial charge on any atom is 0.251 e. The molecular weight excluding hydrogens is 408 g/mol. The zero-order chi connectivity index (χ0) is 21.0. The Bertz CT molecular complexity index is 966. The van der Waals surface area contributed by atoms with E-state index in [0.717, 1.165) is 36.8 Å². The van der Waals surface area contributed by atoms with E-state index in [1.807, 2.05) is 38.1 Å². The van der Waals surface area contributed by atoms with Crippen LogP contribution in [0.2, 0.25) is 5.02 Å². The first-order chi connectivity index (χ1) is 13.8. The minimum absolute atomic E-state index is 0.00305. The van der Waals surface area contributed by atoms with Gasteiger partial charge in [0.05, 0.1) is 11.1 Å². The number of carbonyl (C=O) groups excluding carboxylic acids is 1. The molecule has 2 aromatic rings. The zero-order valence-electron chi connectivity index (χ0n) is 16.8. The maximum atomic E-state index is 13.1. The molecule has 3 rings (SSSR count).